The highest BCUT2D eigenvalue weighted by molar-refractivity contribution is 7.90. The van der Waals surface area contributed by atoms with Crippen molar-refractivity contribution in [2.75, 3.05) is 6.61 Å². The fourth-order valence-electron chi connectivity index (χ4n) is 3.17. The number of pyridine rings is 2. The second-order valence-corrected chi connectivity index (χ2v) is 8.45. The molecule has 10 heteroatoms. The van der Waals surface area contributed by atoms with Gasteiger partial charge in [0.05, 0.1) is 22.6 Å². The molecule has 0 aliphatic carbocycles. The van der Waals surface area contributed by atoms with Gasteiger partial charge in [-0.05, 0) is 42.8 Å². The first-order valence-electron chi connectivity index (χ1n) is 9.02. The van der Waals surface area contributed by atoms with Crippen molar-refractivity contribution in [3.05, 3.63) is 64.8 Å². The molecule has 0 fully saturated rings. The average molecular weight is 427 g/mol. The molecule has 4 rings (SSSR count). The van der Waals surface area contributed by atoms with Crippen LogP contribution in [0.2, 0.25) is 0 Å². The van der Waals surface area contributed by atoms with Gasteiger partial charge in [0.25, 0.3) is 5.56 Å². The van der Waals surface area contributed by atoms with Gasteiger partial charge in [0, 0.05) is 29.5 Å². The maximum absolute atomic E-state index is 12.9. The summed E-state index contributed by atoms with van der Waals surface area (Å²) >= 11 is 0. The summed E-state index contributed by atoms with van der Waals surface area (Å²) in [7, 11) is -3.67. The van der Waals surface area contributed by atoms with Crippen LogP contribution in [0, 0.1) is 0 Å². The molecule has 0 amide bonds. The van der Waals surface area contributed by atoms with Crippen LogP contribution in [-0.4, -0.2) is 36.1 Å². The van der Waals surface area contributed by atoms with E-state index in [-0.39, 0.29) is 28.5 Å². The molecule has 3 aromatic heterocycles. The fourth-order valence-corrected chi connectivity index (χ4v) is 4.54. The van der Waals surface area contributed by atoms with Crippen molar-refractivity contribution in [2.45, 2.75) is 17.6 Å². The molecule has 0 unspecified atom stereocenters. The van der Waals surface area contributed by atoms with Crippen molar-refractivity contribution in [1.29, 1.82) is 0 Å². The Labute approximate surface area is 170 Å². The number of aromatic nitrogens is 3. The highest BCUT2D eigenvalue weighted by Gasteiger charge is 2.20. The highest BCUT2D eigenvalue weighted by atomic mass is 32.2. The minimum Gasteiger partial charge on any atom is -0.434 e. The van der Waals surface area contributed by atoms with Crippen LogP contribution in [0.1, 0.15) is 12.5 Å². The van der Waals surface area contributed by atoms with E-state index in [1.807, 2.05) is 0 Å². The van der Waals surface area contributed by atoms with E-state index in [2.05, 4.69) is 15.0 Å². The summed E-state index contributed by atoms with van der Waals surface area (Å²) in [5.41, 5.74) is 0.738. The van der Waals surface area contributed by atoms with E-state index >= 15 is 0 Å². The quantitative estimate of drug-likeness (QED) is 0.468. The Balaban J connectivity index is 1.86. The summed E-state index contributed by atoms with van der Waals surface area (Å²) in [6.45, 7) is 1.76. The van der Waals surface area contributed by atoms with Gasteiger partial charge in [0.1, 0.15) is 5.52 Å². The van der Waals surface area contributed by atoms with E-state index in [1.165, 1.54) is 36.8 Å². The van der Waals surface area contributed by atoms with E-state index in [1.54, 1.807) is 19.1 Å². The van der Waals surface area contributed by atoms with E-state index in [9.17, 15) is 18.0 Å². The molecule has 0 aliphatic heterocycles. The number of benzene rings is 1. The smallest absolute Gasteiger partial charge is 0.434 e. The van der Waals surface area contributed by atoms with E-state index < -0.39 is 21.6 Å². The molecule has 0 aliphatic rings. The normalized spacial score (nSPS) is 11.6. The number of sulfone groups is 1. The third kappa shape index (κ3) is 3.64. The van der Waals surface area contributed by atoms with Crippen molar-refractivity contribution in [3.8, 4) is 5.75 Å². The van der Waals surface area contributed by atoms with Crippen molar-refractivity contribution >= 4 is 37.8 Å². The Kier molecular flexibility index (Phi) is 5.00. The zero-order valence-electron chi connectivity index (χ0n) is 15.8. The second-order valence-electron chi connectivity index (χ2n) is 6.46. The Morgan fingerprint density at radius 3 is 2.67 bits per heavy atom. The van der Waals surface area contributed by atoms with Crippen LogP contribution in [0.4, 0.5) is 4.79 Å². The molecule has 3 heterocycles. The summed E-state index contributed by atoms with van der Waals surface area (Å²) in [5.74, 6) is -0.129. The van der Waals surface area contributed by atoms with Gasteiger partial charge in [-0.1, -0.05) is 0 Å². The molecule has 2 N–H and O–H groups in total. The lowest BCUT2D eigenvalue weighted by Crippen LogP contribution is -2.11. The predicted octanol–water partition coefficient (Wildman–Crippen LogP) is 2.91. The van der Waals surface area contributed by atoms with Crippen LogP contribution in [0.25, 0.3) is 21.8 Å². The van der Waals surface area contributed by atoms with Crippen molar-refractivity contribution in [2.24, 2.45) is 0 Å². The molecular formula is C20H17N3O6S. The number of aromatic amines is 2. The van der Waals surface area contributed by atoms with Crippen LogP contribution in [0.3, 0.4) is 0 Å². The summed E-state index contributed by atoms with van der Waals surface area (Å²) in [6.07, 6.45) is 3.48. The molecule has 0 saturated heterocycles. The molecule has 0 saturated carbocycles. The molecule has 1 aromatic carbocycles. The van der Waals surface area contributed by atoms with Crippen molar-refractivity contribution in [1.82, 2.24) is 15.0 Å². The van der Waals surface area contributed by atoms with Crippen molar-refractivity contribution < 1.29 is 22.7 Å². The summed E-state index contributed by atoms with van der Waals surface area (Å²) in [6, 6.07) is 7.66. The lowest BCUT2D eigenvalue weighted by atomic mass is 10.1. The Bertz CT molecular complexity index is 1410. The number of hydrogen-bond donors (Lipinski definition) is 2. The summed E-state index contributed by atoms with van der Waals surface area (Å²) in [5, 5.41) is 0.712. The monoisotopic (exact) mass is 427 g/mol. The summed E-state index contributed by atoms with van der Waals surface area (Å²) < 4.78 is 35.8. The Morgan fingerprint density at radius 2 is 1.93 bits per heavy atom. The largest absolute Gasteiger partial charge is 0.513 e. The number of nitrogens with one attached hydrogen (secondary N) is 2. The molecule has 0 atom stereocenters. The number of fused-ring (bicyclic) bond motifs is 3. The standard InChI is InChI=1S/C20H17N3O6S/c1-2-28-20(25)29-16-10-22-18-17(16)14-9-13(3-4-15(14)23-19(18)24)30(26,27)11-12-5-7-21-8-6-12/h3-10,22H,2,11H2,1H3,(H,23,24). The third-order valence-corrected chi connectivity index (χ3v) is 6.19. The van der Waals surface area contributed by atoms with Crippen LogP contribution in [0.15, 0.2) is 58.6 Å². The number of hydrogen-bond acceptors (Lipinski definition) is 7. The maximum Gasteiger partial charge on any atom is 0.513 e. The number of carbonyl (C=O) groups is 1. The zero-order valence-corrected chi connectivity index (χ0v) is 16.7. The Hall–Kier alpha value is -3.66. The van der Waals surface area contributed by atoms with Gasteiger partial charge in [0.15, 0.2) is 15.6 Å². The third-order valence-electron chi connectivity index (χ3n) is 4.50. The van der Waals surface area contributed by atoms with E-state index in [4.69, 9.17) is 9.47 Å². The van der Waals surface area contributed by atoms with E-state index in [0.717, 1.165) is 0 Å². The number of ether oxygens (including phenoxy) is 2. The molecule has 30 heavy (non-hydrogen) atoms. The molecular weight excluding hydrogens is 410 g/mol. The topological polar surface area (TPSA) is 131 Å². The van der Waals surface area contributed by atoms with Gasteiger partial charge >= 0.3 is 6.16 Å². The molecule has 9 nitrogen and oxygen atoms in total. The Morgan fingerprint density at radius 1 is 1.17 bits per heavy atom. The molecule has 154 valence electrons. The van der Waals surface area contributed by atoms with Crippen LogP contribution >= 0.6 is 0 Å². The van der Waals surface area contributed by atoms with Gasteiger partial charge in [-0.3, -0.25) is 9.78 Å². The van der Waals surface area contributed by atoms with Crippen molar-refractivity contribution in [3.63, 3.8) is 0 Å². The van der Waals surface area contributed by atoms with Crippen LogP contribution in [-0.2, 0) is 20.3 Å². The maximum atomic E-state index is 12.9. The lowest BCUT2D eigenvalue weighted by molar-refractivity contribution is 0.105. The predicted molar refractivity (Wildman–Crippen MR) is 109 cm³/mol. The molecule has 0 radical (unpaired) electrons. The molecule has 0 bridgehead atoms. The van der Waals surface area contributed by atoms with Crippen LogP contribution in [0.5, 0.6) is 5.75 Å². The first kappa shape index (κ1) is 19.6. The van der Waals surface area contributed by atoms with Gasteiger partial charge in [-0.25, -0.2) is 13.2 Å². The van der Waals surface area contributed by atoms with Gasteiger partial charge < -0.3 is 19.4 Å². The van der Waals surface area contributed by atoms with Crippen LogP contribution < -0.4 is 10.3 Å². The number of carbonyl (C=O) groups excluding carboxylic acids is 1. The first-order chi connectivity index (χ1) is 14.4. The minimum absolute atomic E-state index is 0.0724. The summed E-state index contributed by atoms with van der Waals surface area (Å²) in [4.78, 5) is 33.5. The number of nitrogens with zero attached hydrogens (tertiary/aromatic N) is 1. The lowest BCUT2D eigenvalue weighted by Gasteiger charge is -2.08. The number of H-pyrrole nitrogens is 2. The van der Waals surface area contributed by atoms with E-state index in [0.29, 0.717) is 21.9 Å². The minimum atomic E-state index is -3.67. The average Bonchev–Trinajstić information content (AvgIpc) is 3.13. The SMILES string of the molecule is CCOC(=O)Oc1c[nH]c2c(=O)[nH]c3ccc(S(=O)(=O)Cc4ccncc4)cc3c12. The molecule has 0 spiro atoms. The highest BCUT2D eigenvalue weighted by Crippen LogP contribution is 2.32. The first-order valence-corrected chi connectivity index (χ1v) is 10.7. The van der Waals surface area contributed by atoms with Gasteiger partial charge in [-0.15, -0.1) is 0 Å². The van der Waals surface area contributed by atoms with Gasteiger partial charge in [0.2, 0.25) is 0 Å². The fraction of sp³-hybridized carbons (Fsp3) is 0.150. The zero-order chi connectivity index (χ0) is 21.3. The molecule has 4 aromatic rings. The number of rotatable bonds is 5. The van der Waals surface area contributed by atoms with Gasteiger partial charge in [-0.2, -0.15) is 0 Å². The second kappa shape index (κ2) is 7.64.